The predicted octanol–water partition coefficient (Wildman–Crippen LogP) is 1.62. The van der Waals surface area contributed by atoms with Crippen LogP contribution in [-0.2, 0) is 11.3 Å². The molecule has 1 heterocycles. The van der Waals surface area contributed by atoms with Crippen LogP contribution in [0.15, 0.2) is 43.0 Å². The van der Waals surface area contributed by atoms with Gasteiger partial charge in [-0.2, -0.15) is 0 Å². The van der Waals surface area contributed by atoms with Crippen LogP contribution in [0, 0.1) is 0 Å². The molecule has 0 aliphatic carbocycles. The number of carbonyl (C=O) groups is 1. The zero-order valence-corrected chi connectivity index (χ0v) is 11.6. The maximum Gasteiger partial charge on any atom is 0.237 e. The van der Waals surface area contributed by atoms with Crippen LogP contribution in [0.1, 0.15) is 25.3 Å². The number of benzene rings is 1. The molecule has 0 bridgehead atoms. The van der Waals surface area contributed by atoms with Gasteiger partial charge in [0.05, 0.1) is 18.1 Å². The zero-order chi connectivity index (χ0) is 14.4. The molecule has 1 amide bonds. The molecule has 0 aliphatic rings. The van der Waals surface area contributed by atoms with Crippen molar-refractivity contribution in [2.24, 2.45) is 5.73 Å². The van der Waals surface area contributed by atoms with Gasteiger partial charge in [0.1, 0.15) is 0 Å². The quantitative estimate of drug-likeness (QED) is 0.839. The lowest BCUT2D eigenvalue weighted by Crippen LogP contribution is -2.40. The molecule has 106 valence electrons. The first-order valence-electron chi connectivity index (χ1n) is 6.82. The van der Waals surface area contributed by atoms with Gasteiger partial charge in [0, 0.05) is 18.9 Å². The highest BCUT2D eigenvalue weighted by Crippen LogP contribution is 2.13. The van der Waals surface area contributed by atoms with Crippen LogP contribution >= 0.6 is 0 Å². The molecule has 5 heteroatoms. The van der Waals surface area contributed by atoms with E-state index in [4.69, 9.17) is 5.73 Å². The van der Waals surface area contributed by atoms with Gasteiger partial charge in [0.25, 0.3) is 0 Å². The first-order chi connectivity index (χ1) is 9.72. The van der Waals surface area contributed by atoms with Crippen LogP contribution in [0.4, 0.5) is 0 Å². The molecule has 5 nitrogen and oxygen atoms in total. The van der Waals surface area contributed by atoms with Crippen LogP contribution in [-0.4, -0.2) is 21.5 Å². The van der Waals surface area contributed by atoms with Crippen LogP contribution in [0.2, 0.25) is 0 Å². The summed E-state index contributed by atoms with van der Waals surface area (Å²) in [6.45, 7) is 2.48. The van der Waals surface area contributed by atoms with Gasteiger partial charge in [0.2, 0.25) is 5.91 Å². The highest BCUT2D eigenvalue weighted by atomic mass is 16.2. The van der Waals surface area contributed by atoms with Crippen molar-refractivity contribution in [3.63, 3.8) is 0 Å². The van der Waals surface area contributed by atoms with Crippen LogP contribution < -0.4 is 11.1 Å². The molecule has 0 aliphatic heterocycles. The van der Waals surface area contributed by atoms with E-state index in [1.54, 1.807) is 12.5 Å². The molecule has 20 heavy (non-hydrogen) atoms. The maximum absolute atomic E-state index is 11.8. The van der Waals surface area contributed by atoms with Gasteiger partial charge in [-0.05, 0) is 18.1 Å². The van der Waals surface area contributed by atoms with E-state index in [1.807, 2.05) is 42.0 Å². The molecule has 0 saturated carbocycles. The summed E-state index contributed by atoms with van der Waals surface area (Å²) in [6.07, 6.45) is 6.95. The van der Waals surface area contributed by atoms with E-state index in [1.165, 1.54) is 0 Å². The highest BCUT2D eigenvalue weighted by Gasteiger charge is 2.12. The molecule has 0 spiro atoms. The number of nitrogens with one attached hydrogen (secondary N) is 1. The molecule has 0 saturated heterocycles. The standard InChI is InChI=1S/C15H20N4O/c1-2-5-13(16)15(20)18-10-12-6-3-4-7-14(12)19-9-8-17-11-19/h3-4,6-9,11,13H,2,5,10,16H2,1H3,(H,18,20). The summed E-state index contributed by atoms with van der Waals surface area (Å²) < 4.78 is 1.92. The van der Waals surface area contributed by atoms with Gasteiger partial charge in [0.15, 0.2) is 0 Å². The van der Waals surface area contributed by atoms with Gasteiger partial charge in [-0.1, -0.05) is 31.5 Å². The van der Waals surface area contributed by atoms with Crippen molar-refractivity contribution in [3.8, 4) is 5.69 Å². The Kier molecular flexibility index (Phi) is 4.90. The molecule has 2 rings (SSSR count). The third kappa shape index (κ3) is 3.45. The van der Waals surface area contributed by atoms with Gasteiger partial charge in [-0.3, -0.25) is 4.79 Å². The lowest BCUT2D eigenvalue weighted by atomic mass is 10.1. The fourth-order valence-electron chi connectivity index (χ4n) is 2.07. The zero-order valence-electron chi connectivity index (χ0n) is 11.6. The van der Waals surface area contributed by atoms with Crippen molar-refractivity contribution in [3.05, 3.63) is 48.5 Å². The Hall–Kier alpha value is -2.14. The van der Waals surface area contributed by atoms with Crippen LogP contribution in [0.5, 0.6) is 0 Å². The normalized spacial score (nSPS) is 12.1. The topological polar surface area (TPSA) is 72.9 Å². The predicted molar refractivity (Wildman–Crippen MR) is 78.3 cm³/mol. The monoisotopic (exact) mass is 272 g/mol. The Labute approximate surface area is 118 Å². The van der Waals surface area contributed by atoms with Gasteiger partial charge >= 0.3 is 0 Å². The molecular formula is C15H20N4O. The van der Waals surface area contributed by atoms with Gasteiger partial charge < -0.3 is 15.6 Å². The van der Waals surface area contributed by atoms with Crippen molar-refractivity contribution in [2.75, 3.05) is 0 Å². The minimum Gasteiger partial charge on any atom is -0.351 e. The van der Waals surface area contributed by atoms with E-state index in [0.717, 1.165) is 17.7 Å². The van der Waals surface area contributed by atoms with Crippen molar-refractivity contribution in [2.45, 2.75) is 32.4 Å². The Morgan fingerprint density at radius 1 is 1.45 bits per heavy atom. The Morgan fingerprint density at radius 3 is 2.95 bits per heavy atom. The summed E-state index contributed by atoms with van der Waals surface area (Å²) in [7, 11) is 0. The summed E-state index contributed by atoms with van der Waals surface area (Å²) in [5.74, 6) is -0.104. The summed E-state index contributed by atoms with van der Waals surface area (Å²) in [5.41, 5.74) is 7.84. The first kappa shape index (κ1) is 14.3. The van der Waals surface area contributed by atoms with Crippen molar-refractivity contribution in [1.29, 1.82) is 0 Å². The van der Waals surface area contributed by atoms with E-state index < -0.39 is 6.04 Å². The second-order valence-corrected chi connectivity index (χ2v) is 4.71. The minimum absolute atomic E-state index is 0.104. The van der Waals surface area contributed by atoms with Gasteiger partial charge in [-0.25, -0.2) is 4.98 Å². The lowest BCUT2D eigenvalue weighted by Gasteiger charge is -2.14. The number of nitrogens with zero attached hydrogens (tertiary/aromatic N) is 2. The summed E-state index contributed by atoms with van der Waals surface area (Å²) in [4.78, 5) is 15.9. The lowest BCUT2D eigenvalue weighted by molar-refractivity contribution is -0.122. The average molecular weight is 272 g/mol. The number of hydrogen-bond acceptors (Lipinski definition) is 3. The fraction of sp³-hybridized carbons (Fsp3) is 0.333. The second-order valence-electron chi connectivity index (χ2n) is 4.71. The second kappa shape index (κ2) is 6.86. The number of nitrogens with two attached hydrogens (primary N) is 1. The number of carbonyl (C=O) groups excluding carboxylic acids is 1. The number of hydrogen-bond donors (Lipinski definition) is 2. The average Bonchev–Trinajstić information content (AvgIpc) is 2.99. The van der Waals surface area contributed by atoms with E-state index in [2.05, 4.69) is 10.3 Å². The first-order valence-corrected chi connectivity index (χ1v) is 6.82. The number of para-hydroxylation sites is 1. The third-order valence-corrected chi connectivity index (χ3v) is 3.16. The van der Waals surface area contributed by atoms with Crippen LogP contribution in [0.3, 0.4) is 0 Å². The number of aromatic nitrogens is 2. The van der Waals surface area contributed by atoms with Crippen molar-refractivity contribution < 1.29 is 4.79 Å². The molecule has 2 aromatic rings. The molecule has 3 N–H and O–H groups in total. The van der Waals surface area contributed by atoms with E-state index in [9.17, 15) is 4.79 Å². The molecule has 0 radical (unpaired) electrons. The van der Waals surface area contributed by atoms with Gasteiger partial charge in [-0.15, -0.1) is 0 Å². The molecule has 1 aromatic carbocycles. The summed E-state index contributed by atoms with van der Waals surface area (Å²) in [6, 6.07) is 7.47. The fourth-order valence-corrected chi connectivity index (χ4v) is 2.07. The Morgan fingerprint density at radius 2 is 2.25 bits per heavy atom. The van der Waals surface area contributed by atoms with E-state index in [-0.39, 0.29) is 5.91 Å². The maximum atomic E-state index is 11.8. The van der Waals surface area contributed by atoms with Crippen LogP contribution in [0.25, 0.3) is 5.69 Å². The SMILES string of the molecule is CCCC(N)C(=O)NCc1ccccc1-n1ccnc1. The molecule has 0 fully saturated rings. The largest absolute Gasteiger partial charge is 0.351 e. The third-order valence-electron chi connectivity index (χ3n) is 3.16. The number of amides is 1. The van der Waals surface area contributed by atoms with E-state index >= 15 is 0 Å². The Balaban J connectivity index is 2.05. The minimum atomic E-state index is -0.430. The molecule has 1 aromatic heterocycles. The molecule has 1 atom stereocenters. The summed E-state index contributed by atoms with van der Waals surface area (Å²) >= 11 is 0. The summed E-state index contributed by atoms with van der Waals surface area (Å²) in [5, 5.41) is 2.89. The van der Waals surface area contributed by atoms with E-state index in [0.29, 0.717) is 13.0 Å². The number of imidazole rings is 1. The highest BCUT2D eigenvalue weighted by molar-refractivity contribution is 5.81. The Bertz CT molecular complexity index is 551. The smallest absolute Gasteiger partial charge is 0.237 e. The van der Waals surface area contributed by atoms with Crippen molar-refractivity contribution in [1.82, 2.24) is 14.9 Å². The number of rotatable bonds is 6. The van der Waals surface area contributed by atoms with Crippen molar-refractivity contribution >= 4 is 5.91 Å². The molecule has 1 unspecified atom stereocenters. The molecular weight excluding hydrogens is 252 g/mol.